The first-order chi connectivity index (χ1) is 9.13. The van der Waals surface area contributed by atoms with Gasteiger partial charge in [-0.3, -0.25) is 4.79 Å². The van der Waals surface area contributed by atoms with E-state index in [2.05, 4.69) is 35.8 Å². The average molecular weight is 254 g/mol. The zero-order chi connectivity index (χ0) is 13.4. The minimum absolute atomic E-state index is 0.0224. The molecule has 0 saturated heterocycles. The monoisotopic (exact) mass is 254 g/mol. The molecule has 19 heavy (non-hydrogen) atoms. The molecule has 3 heteroatoms. The standard InChI is InChI=1S/C16H18N2O/c1-10-3-12-6-15-13(5-14(12)9-17-7-10)4-11(2)8-18-16(15)19/h3-6,17H,7-9H2,1-2H3,(H,18,19). The van der Waals surface area contributed by atoms with Gasteiger partial charge in [0.25, 0.3) is 5.91 Å². The Morgan fingerprint density at radius 2 is 1.68 bits per heavy atom. The lowest BCUT2D eigenvalue weighted by Gasteiger charge is -2.10. The molecule has 1 aromatic rings. The molecule has 0 radical (unpaired) electrons. The predicted octanol–water partition coefficient (Wildman–Crippen LogP) is 2.34. The molecule has 3 nitrogen and oxygen atoms in total. The Morgan fingerprint density at radius 3 is 2.53 bits per heavy atom. The SMILES string of the molecule is CC1=Cc2cc3c(cc2CNC1)C=C(C)CNC3=O. The highest BCUT2D eigenvalue weighted by atomic mass is 16.1. The first kappa shape index (κ1) is 12.2. The van der Waals surface area contributed by atoms with Gasteiger partial charge >= 0.3 is 0 Å². The summed E-state index contributed by atoms with van der Waals surface area (Å²) in [4.78, 5) is 12.1. The molecule has 0 aromatic heterocycles. The number of nitrogens with one attached hydrogen (secondary N) is 2. The maximum absolute atomic E-state index is 12.1. The number of hydrogen-bond acceptors (Lipinski definition) is 2. The van der Waals surface area contributed by atoms with Crippen LogP contribution in [0.15, 0.2) is 23.3 Å². The highest BCUT2D eigenvalue weighted by Crippen LogP contribution is 2.24. The first-order valence-electron chi connectivity index (χ1n) is 6.63. The molecule has 0 saturated carbocycles. The minimum atomic E-state index is 0.0224. The number of hydrogen-bond donors (Lipinski definition) is 2. The third-order valence-electron chi connectivity index (χ3n) is 3.61. The summed E-state index contributed by atoms with van der Waals surface area (Å²) in [6.07, 6.45) is 4.28. The van der Waals surface area contributed by atoms with Gasteiger partial charge in [0.1, 0.15) is 0 Å². The summed E-state index contributed by atoms with van der Waals surface area (Å²) in [5.41, 5.74) is 6.70. The highest BCUT2D eigenvalue weighted by Gasteiger charge is 2.17. The van der Waals surface area contributed by atoms with Gasteiger partial charge < -0.3 is 10.6 Å². The van der Waals surface area contributed by atoms with E-state index in [1.807, 2.05) is 13.0 Å². The number of benzene rings is 1. The van der Waals surface area contributed by atoms with Crippen LogP contribution in [0.3, 0.4) is 0 Å². The van der Waals surface area contributed by atoms with Gasteiger partial charge in [0.05, 0.1) is 0 Å². The molecule has 0 bridgehead atoms. The van der Waals surface area contributed by atoms with Crippen molar-refractivity contribution < 1.29 is 4.79 Å². The van der Waals surface area contributed by atoms with Crippen LogP contribution in [0.4, 0.5) is 0 Å². The normalized spacial score (nSPS) is 18.3. The van der Waals surface area contributed by atoms with Gasteiger partial charge in [-0.2, -0.15) is 0 Å². The topological polar surface area (TPSA) is 41.1 Å². The molecule has 0 unspecified atom stereocenters. The molecule has 3 rings (SSSR count). The third kappa shape index (κ3) is 2.34. The van der Waals surface area contributed by atoms with E-state index < -0.39 is 0 Å². The van der Waals surface area contributed by atoms with E-state index in [0.29, 0.717) is 6.54 Å². The van der Waals surface area contributed by atoms with E-state index in [4.69, 9.17) is 0 Å². The Morgan fingerprint density at radius 1 is 0.947 bits per heavy atom. The summed E-state index contributed by atoms with van der Waals surface area (Å²) in [7, 11) is 0. The molecule has 98 valence electrons. The zero-order valence-corrected chi connectivity index (χ0v) is 11.3. The van der Waals surface area contributed by atoms with Crippen LogP contribution in [0.2, 0.25) is 0 Å². The molecule has 2 aliphatic rings. The molecule has 0 aliphatic carbocycles. The fraction of sp³-hybridized carbons (Fsp3) is 0.312. The van der Waals surface area contributed by atoms with Crippen molar-refractivity contribution in [2.45, 2.75) is 20.4 Å². The summed E-state index contributed by atoms with van der Waals surface area (Å²) in [5.74, 6) is 0.0224. The van der Waals surface area contributed by atoms with Gasteiger partial charge in [-0.25, -0.2) is 0 Å². The summed E-state index contributed by atoms with van der Waals surface area (Å²) in [6.45, 7) is 6.54. The molecule has 1 aromatic carbocycles. The molecule has 2 N–H and O–H groups in total. The van der Waals surface area contributed by atoms with Crippen LogP contribution in [0.25, 0.3) is 12.2 Å². The maximum Gasteiger partial charge on any atom is 0.252 e. The second-order valence-electron chi connectivity index (χ2n) is 5.41. The molecule has 1 amide bonds. The van der Waals surface area contributed by atoms with Crippen LogP contribution in [-0.4, -0.2) is 19.0 Å². The number of carbonyl (C=O) groups excluding carboxylic acids is 1. The zero-order valence-electron chi connectivity index (χ0n) is 11.3. The van der Waals surface area contributed by atoms with Crippen molar-refractivity contribution in [3.8, 4) is 0 Å². The smallest absolute Gasteiger partial charge is 0.252 e. The summed E-state index contributed by atoms with van der Waals surface area (Å²) in [6, 6.07) is 4.16. The Balaban J connectivity index is 2.18. The lowest BCUT2D eigenvalue weighted by atomic mass is 9.96. The maximum atomic E-state index is 12.1. The van der Waals surface area contributed by atoms with E-state index in [1.165, 1.54) is 16.7 Å². The first-order valence-corrected chi connectivity index (χ1v) is 6.63. The number of rotatable bonds is 0. The van der Waals surface area contributed by atoms with Gasteiger partial charge in [-0.1, -0.05) is 23.3 Å². The van der Waals surface area contributed by atoms with E-state index in [9.17, 15) is 4.79 Å². The van der Waals surface area contributed by atoms with Crippen LogP contribution in [0.1, 0.15) is 40.9 Å². The van der Waals surface area contributed by atoms with Crippen molar-refractivity contribution in [3.63, 3.8) is 0 Å². The number of fused-ring (bicyclic) bond motifs is 2. The highest BCUT2D eigenvalue weighted by molar-refractivity contribution is 6.00. The second kappa shape index (κ2) is 4.67. The quantitative estimate of drug-likeness (QED) is 0.746. The molecule has 0 atom stereocenters. The largest absolute Gasteiger partial charge is 0.348 e. The third-order valence-corrected chi connectivity index (χ3v) is 3.61. The lowest BCUT2D eigenvalue weighted by Crippen LogP contribution is -2.24. The van der Waals surface area contributed by atoms with E-state index in [-0.39, 0.29) is 5.91 Å². The van der Waals surface area contributed by atoms with Gasteiger partial charge in [0.2, 0.25) is 0 Å². The summed E-state index contributed by atoms with van der Waals surface area (Å²) < 4.78 is 0. The van der Waals surface area contributed by atoms with E-state index in [1.54, 1.807) is 0 Å². The van der Waals surface area contributed by atoms with Crippen molar-refractivity contribution in [3.05, 3.63) is 45.5 Å². The van der Waals surface area contributed by atoms with Crippen molar-refractivity contribution in [2.24, 2.45) is 0 Å². The molecular weight excluding hydrogens is 236 g/mol. The molecule has 0 spiro atoms. The number of carbonyl (C=O) groups is 1. The molecular formula is C16H18N2O. The molecule has 2 heterocycles. The lowest BCUT2D eigenvalue weighted by molar-refractivity contribution is 0.0957. The van der Waals surface area contributed by atoms with Crippen LogP contribution >= 0.6 is 0 Å². The van der Waals surface area contributed by atoms with E-state index in [0.717, 1.165) is 29.8 Å². The number of amides is 1. The summed E-state index contributed by atoms with van der Waals surface area (Å²) >= 11 is 0. The van der Waals surface area contributed by atoms with Gasteiger partial charge in [0, 0.05) is 25.2 Å². The van der Waals surface area contributed by atoms with Crippen LogP contribution in [0.5, 0.6) is 0 Å². The fourth-order valence-corrected chi connectivity index (χ4v) is 2.63. The van der Waals surface area contributed by atoms with Crippen LogP contribution in [0, 0.1) is 0 Å². The van der Waals surface area contributed by atoms with Crippen LogP contribution in [-0.2, 0) is 6.54 Å². The Kier molecular flexibility index (Phi) is 2.99. The average Bonchev–Trinajstić information content (AvgIpc) is 2.62. The van der Waals surface area contributed by atoms with E-state index >= 15 is 0 Å². The van der Waals surface area contributed by atoms with Gasteiger partial charge in [-0.05, 0) is 42.7 Å². The Labute approximate surface area is 113 Å². The Hall–Kier alpha value is -1.87. The molecule has 2 aliphatic heterocycles. The van der Waals surface area contributed by atoms with Crippen molar-refractivity contribution >= 4 is 18.1 Å². The van der Waals surface area contributed by atoms with Gasteiger partial charge in [0.15, 0.2) is 0 Å². The minimum Gasteiger partial charge on any atom is -0.348 e. The van der Waals surface area contributed by atoms with Crippen LogP contribution < -0.4 is 10.6 Å². The fourth-order valence-electron chi connectivity index (χ4n) is 2.63. The summed E-state index contributed by atoms with van der Waals surface area (Å²) in [5, 5.41) is 6.35. The van der Waals surface area contributed by atoms with Crippen molar-refractivity contribution in [2.75, 3.05) is 13.1 Å². The van der Waals surface area contributed by atoms with Crippen molar-refractivity contribution in [1.29, 1.82) is 0 Å². The van der Waals surface area contributed by atoms with Gasteiger partial charge in [-0.15, -0.1) is 0 Å². The van der Waals surface area contributed by atoms with Crippen molar-refractivity contribution in [1.82, 2.24) is 10.6 Å². The second-order valence-corrected chi connectivity index (χ2v) is 5.41. The Bertz CT molecular complexity index is 611. The predicted molar refractivity (Wildman–Crippen MR) is 77.8 cm³/mol. The molecule has 0 fully saturated rings.